The van der Waals surface area contributed by atoms with E-state index in [1.165, 1.54) is 24.5 Å². The second kappa shape index (κ2) is 8.32. The first-order valence-electron chi connectivity index (χ1n) is 6.82. The van der Waals surface area contributed by atoms with Crippen LogP contribution in [0.4, 0.5) is 4.39 Å². The smallest absolute Gasteiger partial charge is 0.327 e. The fourth-order valence-corrected chi connectivity index (χ4v) is 1.59. The van der Waals surface area contributed by atoms with Crippen molar-refractivity contribution >= 4 is 17.7 Å². The molecule has 0 aliphatic heterocycles. The summed E-state index contributed by atoms with van der Waals surface area (Å²) in [6.07, 6.45) is 1.43. The maximum absolute atomic E-state index is 12.9. The van der Waals surface area contributed by atoms with Crippen LogP contribution in [0.15, 0.2) is 47.1 Å². The lowest BCUT2D eigenvalue weighted by atomic mass is 10.3. The van der Waals surface area contributed by atoms with Gasteiger partial charge in [-0.1, -0.05) is 6.07 Å². The van der Waals surface area contributed by atoms with Crippen molar-refractivity contribution in [3.63, 3.8) is 0 Å². The van der Waals surface area contributed by atoms with Crippen LogP contribution in [0.3, 0.4) is 0 Å². The van der Waals surface area contributed by atoms with Crippen LogP contribution in [0.2, 0.25) is 0 Å². The Balaban J connectivity index is 1.66. The number of carbonyl (C=O) groups excluding carboxylic acids is 3. The minimum absolute atomic E-state index is 0.0376. The number of ether oxygens (including phenoxy) is 1. The molecule has 1 aromatic carbocycles. The van der Waals surface area contributed by atoms with Crippen molar-refractivity contribution in [2.45, 2.75) is 6.54 Å². The van der Waals surface area contributed by atoms with Crippen molar-refractivity contribution in [2.24, 2.45) is 0 Å². The average Bonchev–Trinajstić information content (AvgIpc) is 3.09. The standard InChI is InChI=1S/C15H14FN3O5/c16-10-3-1-4-11(7-10)24-9-13(20)18-19-15(22)14(21)17-8-12-5-2-6-23-12/h1-7H,8-9H2,(H,17,21)(H,18,20)(H,19,22). The van der Waals surface area contributed by atoms with Gasteiger partial charge in [0.2, 0.25) is 0 Å². The topological polar surface area (TPSA) is 110 Å². The normalized spacial score (nSPS) is 9.88. The maximum Gasteiger partial charge on any atom is 0.327 e. The highest BCUT2D eigenvalue weighted by molar-refractivity contribution is 6.35. The molecule has 0 saturated heterocycles. The van der Waals surface area contributed by atoms with Gasteiger partial charge in [0, 0.05) is 6.07 Å². The average molecular weight is 335 g/mol. The van der Waals surface area contributed by atoms with E-state index in [1.54, 1.807) is 12.1 Å². The van der Waals surface area contributed by atoms with Crippen molar-refractivity contribution < 1.29 is 27.9 Å². The van der Waals surface area contributed by atoms with E-state index in [-0.39, 0.29) is 12.3 Å². The molecule has 0 unspecified atom stereocenters. The summed E-state index contributed by atoms with van der Waals surface area (Å²) in [7, 11) is 0. The van der Waals surface area contributed by atoms with E-state index >= 15 is 0 Å². The van der Waals surface area contributed by atoms with Crippen molar-refractivity contribution in [2.75, 3.05) is 6.61 Å². The number of nitrogens with one attached hydrogen (secondary N) is 3. The minimum Gasteiger partial charge on any atom is -0.484 e. The summed E-state index contributed by atoms with van der Waals surface area (Å²) >= 11 is 0. The van der Waals surface area contributed by atoms with E-state index < -0.39 is 30.1 Å². The molecule has 3 amide bonds. The van der Waals surface area contributed by atoms with Crippen LogP contribution < -0.4 is 20.9 Å². The van der Waals surface area contributed by atoms with Crippen LogP contribution in [0.25, 0.3) is 0 Å². The molecule has 1 aromatic heterocycles. The van der Waals surface area contributed by atoms with Crippen LogP contribution >= 0.6 is 0 Å². The van der Waals surface area contributed by atoms with Crippen molar-refractivity contribution in [1.82, 2.24) is 16.2 Å². The predicted octanol–water partition coefficient (Wildman–Crippen LogP) is 0.261. The van der Waals surface area contributed by atoms with Crippen molar-refractivity contribution in [1.29, 1.82) is 0 Å². The second-order valence-corrected chi connectivity index (χ2v) is 4.51. The summed E-state index contributed by atoms with van der Waals surface area (Å²) in [5.74, 6) is -2.59. The highest BCUT2D eigenvalue weighted by atomic mass is 19.1. The number of furan rings is 1. The molecule has 126 valence electrons. The number of rotatable bonds is 5. The SMILES string of the molecule is O=C(COc1cccc(F)c1)NNC(=O)C(=O)NCc1ccco1. The molecule has 0 saturated carbocycles. The Kier molecular flexibility index (Phi) is 5.89. The van der Waals surface area contributed by atoms with Gasteiger partial charge in [-0.25, -0.2) is 4.39 Å². The minimum atomic E-state index is -1.05. The van der Waals surface area contributed by atoms with Gasteiger partial charge in [-0.15, -0.1) is 0 Å². The van der Waals surface area contributed by atoms with Crippen molar-refractivity contribution in [3.8, 4) is 5.75 Å². The van der Waals surface area contributed by atoms with Gasteiger partial charge in [0.25, 0.3) is 5.91 Å². The molecule has 1 heterocycles. The van der Waals surface area contributed by atoms with E-state index in [4.69, 9.17) is 9.15 Å². The zero-order valence-electron chi connectivity index (χ0n) is 12.4. The van der Waals surface area contributed by atoms with Gasteiger partial charge in [-0.2, -0.15) is 0 Å². The number of carbonyl (C=O) groups is 3. The molecule has 24 heavy (non-hydrogen) atoms. The molecule has 0 aliphatic carbocycles. The number of benzene rings is 1. The second-order valence-electron chi connectivity index (χ2n) is 4.51. The maximum atomic E-state index is 12.9. The van der Waals surface area contributed by atoms with Crippen LogP contribution in [-0.4, -0.2) is 24.3 Å². The van der Waals surface area contributed by atoms with Crippen molar-refractivity contribution in [3.05, 3.63) is 54.2 Å². The molecule has 2 aromatic rings. The molecule has 0 bridgehead atoms. The third-order valence-corrected chi connectivity index (χ3v) is 2.69. The molecule has 9 heteroatoms. The first-order valence-corrected chi connectivity index (χ1v) is 6.82. The summed E-state index contributed by atoms with van der Waals surface area (Å²) in [5.41, 5.74) is 3.92. The largest absolute Gasteiger partial charge is 0.484 e. The number of hydrogen-bond acceptors (Lipinski definition) is 5. The fourth-order valence-electron chi connectivity index (χ4n) is 1.59. The first-order chi connectivity index (χ1) is 11.5. The molecule has 0 radical (unpaired) electrons. The van der Waals surface area contributed by atoms with E-state index in [9.17, 15) is 18.8 Å². The molecule has 3 N–H and O–H groups in total. The third-order valence-electron chi connectivity index (χ3n) is 2.69. The number of amides is 3. The molecule has 8 nitrogen and oxygen atoms in total. The van der Waals surface area contributed by atoms with E-state index in [1.807, 2.05) is 10.9 Å². The zero-order valence-corrected chi connectivity index (χ0v) is 12.4. The number of hydrazine groups is 1. The summed E-state index contributed by atoms with van der Waals surface area (Å²) in [5, 5.41) is 2.30. The highest BCUT2D eigenvalue weighted by Crippen LogP contribution is 2.11. The van der Waals surface area contributed by atoms with Crippen LogP contribution in [0.5, 0.6) is 5.75 Å². The molecule has 0 aliphatic rings. The highest BCUT2D eigenvalue weighted by Gasteiger charge is 2.14. The molecule has 2 rings (SSSR count). The Morgan fingerprint density at radius 3 is 2.62 bits per heavy atom. The molecule has 0 spiro atoms. The lowest BCUT2D eigenvalue weighted by molar-refractivity contribution is -0.141. The molecule has 0 atom stereocenters. The monoisotopic (exact) mass is 335 g/mol. The predicted molar refractivity (Wildman–Crippen MR) is 78.7 cm³/mol. The summed E-state index contributed by atoms with van der Waals surface area (Å²) < 4.78 is 22.9. The van der Waals surface area contributed by atoms with E-state index in [0.29, 0.717) is 5.76 Å². The lowest BCUT2D eigenvalue weighted by Crippen LogP contribution is -2.49. The van der Waals surface area contributed by atoms with Gasteiger partial charge >= 0.3 is 11.8 Å². The van der Waals surface area contributed by atoms with Gasteiger partial charge in [0.05, 0.1) is 12.8 Å². The Labute approximate surface area is 135 Å². The third kappa shape index (κ3) is 5.44. The van der Waals surface area contributed by atoms with Gasteiger partial charge in [-0.3, -0.25) is 25.2 Å². The quantitative estimate of drug-likeness (QED) is 0.536. The van der Waals surface area contributed by atoms with Gasteiger partial charge in [-0.05, 0) is 24.3 Å². The number of hydrogen-bond donors (Lipinski definition) is 3. The Morgan fingerprint density at radius 2 is 1.92 bits per heavy atom. The van der Waals surface area contributed by atoms with Gasteiger partial charge < -0.3 is 14.5 Å². The summed E-state index contributed by atoms with van der Waals surface area (Å²) in [6.45, 7) is -0.423. The van der Waals surface area contributed by atoms with Crippen LogP contribution in [-0.2, 0) is 20.9 Å². The van der Waals surface area contributed by atoms with E-state index in [2.05, 4.69) is 5.32 Å². The molecular formula is C15H14FN3O5. The van der Waals surface area contributed by atoms with E-state index in [0.717, 1.165) is 6.07 Å². The molecule has 0 fully saturated rings. The molecular weight excluding hydrogens is 321 g/mol. The lowest BCUT2D eigenvalue weighted by Gasteiger charge is -2.08. The zero-order chi connectivity index (χ0) is 17.4. The Morgan fingerprint density at radius 1 is 1.08 bits per heavy atom. The van der Waals surface area contributed by atoms with Crippen LogP contribution in [0.1, 0.15) is 5.76 Å². The number of halogens is 1. The van der Waals surface area contributed by atoms with Gasteiger partial charge in [0.1, 0.15) is 17.3 Å². The first kappa shape index (κ1) is 17.0. The summed E-state index contributed by atoms with van der Waals surface area (Å²) in [6, 6.07) is 8.50. The Hall–Kier alpha value is -3.36. The van der Waals surface area contributed by atoms with Crippen LogP contribution in [0, 0.1) is 5.82 Å². The summed E-state index contributed by atoms with van der Waals surface area (Å²) in [4.78, 5) is 34.4. The fraction of sp³-hybridized carbons (Fsp3) is 0.133. The Bertz CT molecular complexity index is 718. The van der Waals surface area contributed by atoms with Gasteiger partial charge in [0.15, 0.2) is 6.61 Å².